The molecule has 0 aliphatic heterocycles. The van der Waals surface area contributed by atoms with Crippen LogP contribution in [0.3, 0.4) is 0 Å². The van der Waals surface area contributed by atoms with Gasteiger partial charge in [-0.3, -0.25) is 9.69 Å². The molecule has 1 atom stereocenters. The molecule has 1 saturated carbocycles. The third kappa shape index (κ3) is 3.97. The van der Waals surface area contributed by atoms with Gasteiger partial charge in [0.1, 0.15) is 0 Å². The Morgan fingerprint density at radius 3 is 2.45 bits per heavy atom. The van der Waals surface area contributed by atoms with Gasteiger partial charge >= 0.3 is 0 Å². The summed E-state index contributed by atoms with van der Waals surface area (Å²) in [6.45, 7) is 1.97. The van der Waals surface area contributed by atoms with Gasteiger partial charge in [-0.25, -0.2) is 0 Å². The average Bonchev–Trinajstić information content (AvgIpc) is 2.49. The van der Waals surface area contributed by atoms with Crippen molar-refractivity contribution in [1.82, 2.24) is 4.90 Å². The number of carbonyl (C=O) groups is 1. The van der Waals surface area contributed by atoms with Crippen molar-refractivity contribution in [2.24, 2.45) is 0 Å². The van der Waals surface area contributed by atoms with E-state index in [0.717, 1.165) is 5.69 Å². The van der Waals surface area contributed by atoms with Crippen molar-refractivity contribution < 1.29 is 4.79 Å². The Morgan fingerprint density at radius 2 is 1.85 bits per heavy atom. The van der Waals surface area contributed by atoms with E-state index in [1.807, 2.05) is 19.1 Å². The van der Waals surface area contributed by atoms with Crippen molar-refractivity contribution in [3.63, 3.8) is 0 Å². The summed E-state index contributed by atoms with van der Waals surface area (Å²) in [6.07, 6.45) is 6.29. The Bertz CT molecular complexity index is 440. The topological polar surface area (TPSA) is 32.3 Å². The molecule has 3 nitrogen and oxygen atoms in total. The van der Waals surface area contributed by atoms with E-state index in [0.29, 0.717) is 11.1 Å². The molecule has 4 heteroatoms. The third-order valence-corrected chi connectivity index (χ3v) is 4.50. The Kier molecular flexibility index (Phi) is 5.44. The van der Waals surface area contributed by atoms with Gasteiger partial charge in [0.05, 0.1) is 6.04 Å². The zero-order valence-electron chi connectivity index (χ0n) is 12.2. The third-order valence-electron chi connectivity index (χ3n) is 4.25. The molecule has 1 aromatic carbocycles. The number of benzene rings is 1. The summed E-state index contributed by atoms with van der Waals surface area (Å²) in [4.78, 5) is 14.5. The van der Waals surface area contributed by atoms with E-state index in [-0.39, 0.29) is 11.9 Å². The molecule has 0 spiro atoms. The van der Waals surface area contributed by atoms with E-state index in [1.165, 1.54) is 32.1 Å². The first-order chi connectivity index (χ1) is 9.58. The Hall–Kier alpha value is -1.06. The second kappa shape index (κ2) is 7.09. The zero-order valence-corrected chi connectivity index (χ0v) is 13.0. The lowest BCUT2D eigenvalue weighted by molar-refractivity contribution is -0.121. The van der Waals surface area contributed by atoms with Crippen molar-refractivity contribution in [3.8, 4) is 0 Å². The number of hydrogen-bond acceptors (Lipinski definition) is 2. The molecule has 0 radical (unpaired) electrons. The normalized spacial score (nSPS) is 18.0. The highest BCUT2D eigenvalue weighted by Gasteiger charge is 2.26. The maximum Gasteiger partial charge on any atom is 0.241 e. The van der Waals surface area contributed by atoms with Crippen LogP contribution in [0.4, 0.5) is 5.69 Å². The van der Waals surface area contributed by atoms with Crippen molar-refractivity contribution in [3.05, 3.63) is 29.3 Å². The van der Waals surface area contributed by atoms with Gasteiger partial charge in [-0.15, -0.1) is 0 Å². The van der Waals surface area contributed by atoms with Gasteiger partial charge in [0.15, 0.2) is 0 Å². The summed E-state index contributed by atoms with van der Waals surface area (Å²) in [5.74, 6) is 0.0420. The smallest absolute Gasteiger partial charge is 0.241 e. The molecule has 20 heavy (non-hydrogen) atoms. The predicted octanol–water partition coefficient (Wildman–Crippen LogP) is 3.93. The van der Waals surface area contributed by atoms with Crippen molar-refractivity contribution in [2.45, 2.75) is 51.1 Å². The fourth-order valence-corrected chi connectivity index (χ4v) is 2.90. The summed E-state index contributed by atoms with van der Waals surface area (Å²) in [5, 5.41) is 3.63. The van der Waals surface area contributed by atoms with Crippen LogP contribution in [-0.4, -0.2) is 29.9 Å². The van der Waals surface area contributed by atoms with Crippen LogP contribution in [0.1, 0.15) is 39.0 Å². The predicted molar refractivity (Wildman–Crippen MR) is 84.2 cm³/mol. The van der Waals surface area contributed by atoms with Gasteiger partial charge in [-0.2, -0.15) is 0 Å². The summed E-state index contributed by atoms with van der Waals surface area (Å²) in [6, 6.07) is 7.64. The minimum Gasteiger partial charge on any atom is -0.325 e. The number of likely N-dealkylation sites (N-methyl/N-ethyl adjacent to an activating group) is 1. The monoisotopic (exact) mass is 294 g/mol. The van der Waals surface area contributed by atoms with E-state index < -0.39 is 0 Å². The number of nitrogens with one attached hydrogen (secondary N) is 1. The molecule has 1 aliphatic rings. The van der Waals surface area contributed by atoms with Crippen LogP contribution in [-0.2, 0) is 4.79 Å². The highest BCUT2D eigenvalue weighted by molar-refractivity contribution is 6.30. The van der Waals surface area contributed by atoms with Crippen LogP contribution in [0, 0.1) is 0 Å². The van der Waals surface area contributed by atoms with Gasteiger partial charge in [0, 0.05) is 16.8 Å². The minimum absolute atomic E-state index is 0.0420. The number of halogens is 1. The lowest BCUT2D eigenvalue weighted by Gasteiger charge is -2.34. The summed E-state index contributed by atoms with van der Waals surface area (Å²) >= 11 is 5.84. The molecule has 1 amide bonds. The largest absolute Gasteiger partial charge is 0.325 e. The first-order valence-corrected chi connectivity index (χ1v) is 7.74. The Labute approximate surface area is 126 Å². The van der Waals surface area contributed by atoms with Crippen LogP contribution in [0.5, 0.6) is 0 Å². The number of anilines is 1. The van der Waals surface area contributed by atoms with Crippen LogP contribution >= 0.6 is 11.6 Å². The summed E-state index contributed by atoms with van der Waals surface area (Å²) < 4.78 is 0. The number of hydrogen-bond donors (Lipinski definition) is 1. The highest BCUT2D eigenvalue weighted by Crippen LogP contribution is 2.23. The second-order valence-electron chi connectivity index (χ2n) is 5.63. The molecule has 1 unspecified atom stereocenters. The minimum atomic E-state index is -0.117. The zero-order chi connectivity index (χ0) is 14.5. The SMILES string of the molecule is CC(C(=O)Nc1ccc(Cl)cc1)N(C)C1CCCCC1. The summed E-state index contributed by atoms with van der Waals surface area (Å²) in [7, 11) is 2.06. The van der Waals surface area contributed by atoms with Crippen molar-refractivity contribution in [2.75, 3.05) is 12.4 Å². The lowest BCUT2D eigenvalue weighted by atomic mass is 9.93. The lowest BCUT2D eigenvalue weighted by Crippen LogP contribution is -2.46. The number of carbonyl (C=O) groups excluding carboxylic acids is 1. The van der Waals surface area contributed by atoms with Gasteiger partial charge < -0.3 is 5.32 Å². The first kappa shape index (κ1) is 15.3. The van der Waals surface area contributed by atoms with Crippen LogP contribution in [0.25, 0.3) is 0 Å². The van der Waals surface area contributed by atoms with E-state index in [1.54, 1.807) is 12.1 Å². The molecule has 110 valence electrons. The van der Waals surface area contributed by atoms with Gasteiger partial charge in [-0.1, -0.05) is 30.9 Å². The van der Waals surface area contributed by atoms with E-state index in [4.69, 9.17) is 11.6 Å². The maximum atomic E-state index is 12.3. The molecule has 0 saturated heterocycles. The molecule has 1 N–H and O–H groups in total. The fourth-order valence-electron chi connectivity index (χ4n) is 2.77. The van der Waals surface area contributed by atoms with Crippen molar-refractivity contribution in [1.29, 1.82) is 0 Å². The second-order valence-corrected chi connectivity index (χ2v) is 6.07. The standard InChI is InChI=1S/C16H23ClN2O/c1-12(19(2)15-6-4-3-5-7-15)16(20)18-14-10-8-13(17)9-11-14/h8-12,15H,3-7H2,1-2H3,(H,18,20). The first-order valence-electron chi connectivity index (χ1n) is 7.36. The fraction of sp³-hybridized carbons (Fsp3) is 0.562. The molecule has 2 rings (SSSR count). The van der Waals surface area contributed by atoms with Crippen molar-refractivity contribution >= 4 is 23.2 Å². The van der Waals surface area contributed by atoms with Gasteiger partial charge in [0.25, 0.3) is 0 Å². The molecule has 1 fully saturated rings. The van der Waals surface area contributed by atoms with Crippen LogP contribution in [0.15, 0.2) is 24.3 Å². The van der Waals surface area contributed by atoms with Crippen LogP contribution in [0.2, 0.25) is 5.02 Å². The molecular formula is C16H23ClN2O. The van der Waals surface area contributed by atoms with Gasteiger partial charge in [-0.05, 0) is 51.1 Å². The number of amides is 1. The average molecular weight is 295 g/mol. The van der Waals surface area contributed by atoms with E-state index >= 15 is 0 Å². The molecule has 0 heterocycles. The highest BCUT2D eigenvalue weighted by atomic mass is 35.5. The van der Waals surface area contributed by atoms with E-state index in [2.05, 4.69) is 17.3 Å². The molecule has 1 aromatic rings. The number of nitrogens with zero attached hydrogens (tertiary/aromatic N) is 1. The van der Waals surface area contributed by atoms with E-state index in [9.17, 15) is 4.79 Å². The molecule has 0 bridgehead atoms. The molecular weight excluding hydrogens is 272 g/mol. The summed E-state index contributed by atoms with van der Waals surface area (Å²) in [5.41, 5.74) is 0.795. The molecule has 1 aliphatic carbocycles. The Morgan fingerprint density at radius 1 is 1.25 bits per heavy atom. The molecule has 0 aromatic heterocycles. The quantitative estimate of drug-likeness (QED) is 0.912. The Balaban J connectivity index is 1.92. The maximum absolute atomic E-state index is 12.3. The van der Waals surface area contributed by atoms with Gasteiger partial charge in [0.2, 0.25) is 5.91 Å². The van der Waals surface area contributed by atoms with Crippen LogP contribution < -0.4 is 5.32 Å². The number of rotatable bonds is 4.